The number of benzene rings is 2. The molecule has 2 aromatic carbocycles. The first kappa shape index (κ1) is 20.3. The van der Waals surface area contributed by atoms with Crippen LogP contribution in [-0.4, -0.2) is 23.0 Å². The van der Waals surface area contributed by atoms with Crippen LogP contribution >= 0.6 is 0 Å². The minimum Gasteiger partial charge on any atom is -0.497 e. The Bertz CT molecular complexity index is 981. The Labute approximate surface area is 171 Å². The number of hydrogen-bond donors (Lipinski definition) is 1. The van der Waals surface area contributed by atoms with Crippen molar-refractivity contribution in [3.05, 3.63) is 72.1 Å². The number of nitrogens with one attached hydrogen (secondary N) is 1. The lowest BCUT2D eigenvalue weighted by Crippen LogP contribution is -2.16. The zero-order chi connectivity index (χ0) is 20.6. The highest BCUT2D eigenvalue weighted by Gasteiger charge is 2.12. The quantitative estimate of drug-likeness (QED) is 0.597. The van der Waals surface area contributed by atoms with Crippen LogP contribution in [0.1, 0.15) is 31.5 Å². The van der Waals surface area contributed by atoms with Crippen molar-refractivity contribution in [3.63, 3.8) is 0 Å². The van der Waals surface area contributed by atoms with Gasteiger partial charge in [-0.2, -0.15) is 0 Å². The van der Waals surface area contributed by atoms with Crippen molar-refractivity contribution in [2.75, 3.05) is 12.4 Å². The number of carbonyl (C=O) groups excluding carboxylic acids is 1. The van der Waals surface area contributed by atoms with Crippen LogP contribution in [0, 0.1) is 5.92 Å². The second-order valence-electron chi connectivity index (χ2n) is 7.11. The summed E-state index contributed by atoms with van der Waals surface area (Å²) >= 11 is 0. The molecule has 3 aromatic rings. The highest BCUT2D eigenvalue weighted by Crippen LogP contribution is 2.23. The molecular weight excluding hydrogens is 362 g/mol. The molecule has 0 saturated heterocycles. The Hall–Kier alpha value is -3.47. The summed E-state index contributed by atoms with van der Waals surface area (Å²) in [6, 6.07) is 17.6. The monoisotopic (exact) mass is 387 g/mol. The Morgan fingerprint density at radius 3 is 2.45 bits per heavy atom. The predicted molar refractivity (Wildman–Crippen MR) is 117 cm³/mol. The Balaban J connectivity index is 1.94. The molecule has 29 heavy (non-hydrogen) atoms. The van der Waals surface area contributed by atoms with E-state index in [4.69, 9.17) is 9.72 Å². The zero-order valence-corrected chi connectivity index (χ0v) is 16.9. The van der Waals surface area contributed by atoms with Gasteiger partial charge in [-0.1, -0.05) is 50.3 Å². The molecule has 0 atom stereocenters. The molecule has 1 aromatic heterocycles. The Morgan fingerprint density at radius 2 is 1.79 bits per heavy atom. The molecule has 0 aliphatic carbocycles. The maximum atomic E-state index is 12.3. The first-order valence-corrected chi connectivity index (χ1v) is 9.59. The lowest BCUT2D eigenvalue weighted by Gasteiger charge is -2.10. The molecule has 0 fully saturated rings. The van der Waals surface area contributed by atoms with Crippen molar-refractivity contribution < 1.29 is 9.53 Å². The summed E-state index contributed by atoms with van der Waals surface area (Å²) in [5, 5.41) is 2.89. The van der Waals surface area contributed by atoms with E-state index in [0.717, 1.165) is 22.6 Å². The molecule has 1 heterocycles. The normalized spacial score (nSPS) is 11.0. The van der Waals surface area contributed by atoms with Gasteiger partial charge >= 0.3 is 0 Å². The van der Waals surface area contributed by atoms with Crippen LogP contribution in [0.25, 0.3) is 23.4 Å². The summed E-state index contributed by atoms with van der Waals surface area (Å²) in [5.74, 6) is 1.44. The fourth-order valence-electron chi connectivity index (χ4n) is 2.81. The lowest BCUT2D eigenvalue weighted by atomic mass is 10.1. The minimum atomic E-state index is -0.0686. The molecule has 0 bridgehead atoms. The highest BCUT2D eigenvalue weighted by molar-refractivity contribution is 5.92. The molecule has 0 saturated carbocycles. The zero-order valence-electron chi connectivity index (χ0n) is 16.9. The summed E-state index contributed by atoms with van der Waals surface area (Å²) < 4.78 is 5.22. The van der Waals surface area contributed by atoms with Crippen molar-refractivity contribution in [1.29, 1.82) is 0 Å². The largest absolute Gasteiger partial charge is 0.497 e. The van der Waals surface area contributed by atoms with Gasteiger partial charge in [0.05, 0.1) is 19.0 Å². The molecule has 0 aliphatic rings. The van der Waals surface area contributed by atoms with E-state index >= 15 is 0 Å². The lowest BCUT2D eigenvalue weighted by molar-refractivity contribution is -0.116. The first-order chi connectivity index (χ1) is 14.0. The van der Waals surface area contributed by atoms with Crippen LogP contribution < -0.4 is 10.1 Å². The van der Waals surface area contributed by atoms with E-state index in [0.29, 0.717) is 17.9 Å². The van der Waals surface area contributed by atoms with Crippen LogP contribution in [0.4, 0.5) is 5.82 Å². The van der Waals surface area contributed by atoms with Gasteiger partial charge in [-0.25, -0.2) is 9.97 Å². The average Bonchev–Trinajstić information content (AvgIpc) is 2.73. The van der Waals surface area contributed by atoms with E-state index in [-0.39, 0.29) is 11.8 Å². The average molecular weight is 387 g/mol. The fraction of sp³-hybridized carbons (Fsp3) is 0.208. The van der Waals surface area contributed by atoms with Gasteiger partial charge in [-0.15, -0.1) is 0 Å². The van der Waals surface area contributed by atoms with Crippen LogP contribution in [0.5, 0.6) is 5.75 Å². The molecule has 148 valence electrons. The number of carbonyl (C=O) groups is 1. The van der Waals surface area contributed by atoms with Crippen molar-refractivity contribution in [3.8, 4) is 17.0 Å². The third-order valence-electron chi connectivity index (χ3n) is 4.27. The number of methoxy groups -OCH3 is 1. The SMILES string of the molecule is COc1ccc(-c2cnc(NC(=O)CC(C)C)c(/C=C/c3ccccc3)n2)cc1. The number of aromatic nitrogens is 2. The summed E-state index contributed by atoms with van der Waals surface area (Å²) in [6.07, 6.45) is 5.94. The van der Waals surface area contributed by atoms with Gasteiger partial charge in [0, 0.05) is 12.0 Å². The number of ether oxygens (including phenoxy) is 1. The van der Waals surface area contributed by atoms with Gasteiger partial charge in [0.25, 0.3) is 0 Å². The smallest absolute Gasteiger partial charge is 0.225 e. The Morgan fingerprint density at radius 1 is 1.07 bits per heavy atom. The Kier molecular flexibility index (Phi) is 6.74. The van der Waals surface area contributed by atoms with Gasteiger partial charge < -0.3 is 10.1 Å². The second kappa shape index (κ2) is 9.64. The van der Waals surface area contributed by atoms with Crippen molar-refractivity contribution >= 4 is 23.9 Å². The summed E-state index contributed by atoms with van der Waals surface area (Å²) in [4.78, 5) is 21.5. The van der Waals surface area contributed by atoms with Crippen molar-refractivity contribution in [2.45, 2.75) is 20.3 Å². The molecular formula is C24H25N3O2. The van der Waals surface area contributed by atoms with Crippen molar-refractivity contribution in [1.82, 2.24) is 9.97 Å². The van der Waals surface area contributed by atoms with E-state index < -0.39 is 0 Å². The maximum Gasteiger partial charge on any atom is 0.225 e. The molecule has 0 unspecified atom stereocenters. The van der Waals surface area contributed by atoms with E-state index in [1.54, 1.807) is 13.3 Å². The topological polar surface area (TPSA) is 64.1 Å². The fourth-order valence-corrected chi connectivity index (χ4v) is 2.81. The molecule has 0 spiro atoms. The minimum absolute atomic E-state index is 0.0686. The second-order valence-corrected chi connectivity index (χ2v) is 7.11. The summed E-state index contributed by atoms with van der Waals surface area (Å²) in [5.41, 5.74) is 3.30. The first-order valence-electron chi connectivity index (χ1n) is 9.59. The van der Waals surface area contributed by atoms with Crippen LogP contribution in [-0.2, 0) is 4.79 Å². The van der Waals surface area contributed by atoms with Crippen LogP contribution in [0.15, 0.2) is 60.8 Å². The number of rotatable bonds is 7. The highest BCUT2D eigenvalue weighted by atomic mass is 16.5. The van der Waals surface area contributed by atoms with Crippen molar-refractivity contribution in [2.24, 2.45) is 5.92 Å². The van der Waals surface area contributed by atoms with Gasteiger partial charge in [0.1, 0.15) is 11.4 Å². The summed E-state index contributed by atoms with van der Waals surface area (Å²) in [7, 11) is 1.63. The third-order valence-corrected chi connectivity index (χ3v) is 4.27. The van der Waals surface area contributed by atoms with Gasteiger partial charge in [-0.3, -0.25) is 4.79 Å². The van der Waals surface area contributed by atoms with Crippen LogP contribution in [0.2, 0.25) is 0 Å². The molecule has 5 nitrogen and oxygen atoms in total. The van der Waals surface area contributed by atoms with E-state index in [1.807, 2.05) is 80.6 Å². The predicted octanol–water partition coefficient (Wildman–Crippen LogP) is 5.31. The van der Waals surface area contributed by atoms with Gasteiger partial charge in [0.15, 0.2) is 5.82 Å². The number of hydrogen-bond acceptors (Lipinski definition) is 4. The number of amides is 1. The molecule has 0 radical (unpaired) electrons. The standard InChI is InChI=1S/C24H25N3O2/c1-17(2)15-23(28)27-24-21(14-9-18-7-5-4-6-8-18)26-22(16-25-24)19-10-12-20(29-3)13-11-19/h4-14,16-17H,15H2,1-3H3,(H,25,27,28)/b14-9+. The molecule has 5 heteroatoms. The number of anilines is 1. The van der Waals surface area contributed by atoms with Gasteiger partial charge in [0.2, 0.25) is 5.91 Å². The third kappa shape index (κ3) is 5.75. The maximum absolute atomic E-state index is 12.3. The van der Waals surface area contributed by atoms with E-state index in [2.05, 4.69) is 10.3 Å². The number of nitrogens with zero attached hydrogens (tertiary/aromatic N) is 2. The molecule has 1 N–H and O–H groups in total. The van der Waals surface area contributed by atoms with Crippen LogP contribution in [0.3, 0.4) is 0 Å². The molecule has 1 amide bonds. The van der Waals surface area contributed by atoms with Gasteiger partial charge in [-0.05, 0) is 41.8 Å². The van der Waals surface area contributed by atoms with E-state index in [9.17, 15) is 4.79 Å². The molecule has 0 aliphatic heterocycles. The molecule has 3 rings (SSSR count). The van der Waals surface area contributed by atoms with E-state index in [1.165, 1.54) is 0 Å². The summed E-state index contributed by atoms with van der Waals surface area (Å²) in [6.45, 7) is 4.02.